The zero-order chi connectivity index (χ0) is 22.3. The molecule has 0 aliphatic carbocycles. The molecule has 164 valence electrons. The Labute approximate surface area is 175 Å². The number of esters is 1. The van der Waals surface area contributed by atoms with Gasteiger partial charge in [-0.05, 0) is 44.5 Å². The largest absolute Gasteiger partial charge is 0.493 e. The van der Waals surface area contributed by atoms with E-state index in [4.69, 9.17) is 18.9 Å². The summed E-state index contributed by atoms with van der Waals surface area (Å²) in [5.74, 6) is 0.0702. The molecule has 1 heterocycles. The third-order valence-electron chi connectivity index (χ3n) is 3.92. The topological polar surface area (TPSA) is 103 Å². The number of ether oxygens (including phenoxy) is 4. The number of amides is 2. The molecule has 9 nitrogen and oxygen atoms in total. The average Bonchev–Trinajstić information content (AvgIpc) is 2.68. The normalized spacial score (nSPS) is 13.0. The number of hydrogen-bond acceptors (Lipinski definition) is 7. The second kappa shape index (κ2) is 10.00. The maximum absolute atomic E-state index is 12.1. The molecule has 0 fully saturated rings. The highest BCUT2D eigenvalue weighted by Crippen LogP contribution is 2.40. The Kier molecular flexibility index (Phi) is 7.68. The summed E-state index contributed by atoms with van der Waals surface area (Å²) in [7, 11) is 2.98. The Morgan fingerprint density at radius 3 is 2.57 bits per heavy atom. The molecule has 0 saturated heterocycles. The lowest BCUT2D eigenvalue weighted by molar-refractivity contribution is -0.148. The smallest absolute Gasteiger partial charge is 0.331 e. The summed E-state index contributed by atoms with van der Waals surface area (Å²) in [6.07, 6.45) is 2.72. The Balaban J connectivity index is 1.87. The van der Waals surface area contributed by atoms with Gasteiger partial charge in [0.15, 0.2) is 18.1 Å². The van der Waals surface area contributed by atoms with E-state index in [-0.39, 0.29) is 12.5 Å². The van der Waals surface area contributed by atoms with Crippen LogP contribution in [-0.2, 0) is 19.1 Å². The summed E-state index contributed by atoms with van der Waals surface area (Å²) in [6.45, 7) is 5.81. The van der Waals surface area contributed by atoms with Gasteiger partial charge in [0.05, 0.1) is 13.7 Å². The van der Waals surface area contributed by atoms with Crippen LogP contribution in [0.3, 0.4) is 0 Å². The molecule has 0 spiro atoms. The summed E-state index contributed by atoms with van der Waals surface area (Å²) in [4.78, 5) is 37.1. The lowest BCUT2D eigenvalue weighted by Crippen LogP contribution is -2.46. The number of carbonyl (C=O) groups is 3. The highest BCUT2D eigenvalue weighted by Gasteiger charge is 2.19. The Morgan fingerprint density at radius 1 is 1.20 bits per heavy atom. The molecule has 30 heavy (non-hydrogen) atoms. The maximum Gasteiger partial charge on any atom is 0.331 e. The fourth-order valence-electron chi connectivity index (χ4n) is 2.61. The van der Waals surface area contributed by atoms with Gasteiger partial charge >= 0.3 is 5.97 Å². The Morgan fingerprint density at radius 2 is 1.90 bits per heavy atom. The summed E-state index contributed by atoms with van der Waals surface area (Å²) in [5.41, 5.74) is 0.254. The fourth-order valence-corrected chi connectivity index (χ4v) is 2.61. The molecular formula is C21H28N2O7. The van der Waals surface area contributed by atoms with Gasteiger partial charge in [-0.2, -0.15) is 0 Å². The molecule has 0 aromatic heterocycles. The second-order valence-electron chi connectivity index (χ2n) is 7.74. The molecule has 1 aromatic rings. The quantitative estimate of drug-likeness (QED) is 0.525. The zero-order valence-corrected chi connectivity index (χ0v) is 17.9. The summed E-state index contributed by atoms with van der Waals surface area (Å²) < 4.78 is 21.3. The van der Waals surface area contributed by atoms with Gasteiger partial charge in [0, 0.05) is 18.7 Å². The van der Waals surface area contributed by atoms with E-state index in [2.05, 4.69) is 5.32 Å². The number of hydrogen-bond donors (Lipinski definition) is 1. The van der Waals surface area contributed by atoms with E-state index >= 15 is 0 Å². The van der Waals surface area contributed by atoms with Gasteiger partial charge in [0.25, 0.3) is 5.91 Å². The molecule has 0 bridgehead atoms. The minimum Gasteiger partial charge on any atom is -0.493 e. The van der Waals surface area contributed by atoms with E-state index < -0.39 is 24.0 Å². The van der Waals surface area contributed by atoms with Crippen LogP contribution in [0.5, 0.6) is 17.2 Å². The number of nitrogens with zero attached hydrogens (tertiary/aromatic N) is 1. The third kappa shape index (κ3) is 6.98. The molecule has 2 rings (SSSR count). The maximum atomic E-state index is 12.1. The van der Waals surface area contributed by atoms with Crippen molar-refractivity contribution in [1.29, 1.82) is 0 Å². The average molecular weight is 420 g/mol. The lowest BCUT2D eigenvalue weighted by atomic mass is 10.1. The number of fused-ring (bicyclic) bond motifs is 1. The first kappa shape index (κ1) is 23.1. The Hall–Kier alpha value is -3.23. The van der Waals surface area contributed by atoms with Crippen LogP contribution >= 0.6 is 0 Å². The minimum absolute atomic E-state index is 0.125. The van der Waals surface area contributed by atoms with Gasteiger partial charge in [0.2, 0.25) is 11.7 Å². The Bertz CT molecular complexity index is 810. The molecular weight excluding hydrogens is 392 g/mol. The second-order valence-corrected chi connectivity index (χ2v) is 7.74. The van der Waals surface area contributed by atoms with Crippen molar-refractivity contribution in [3.63, 3.8) is 0 Å². The molecule has 1 aliphatic rings. The van der Waals surface area contributed by atoms with Crippen molar-refractivity contribution in [1.82, 2.24) is 10.2 Å². The highest BCUT2D eigenvalue weighted by atomic mass is 16.6. The number of likely N-dealkylation sites (N-methyl/N-ethyl adjacent to an activating group) is 1. The van der Waals surface area contributed by atoms with Crippen molar-refractivity contribution in [2.45, 2.75) is 26.3 Å². The van der Waals surface area contributed by atoms with E-state index in [0.29, 0.717) is 36.0 Å². The molecule has 0 saturated carbocycles. The van der Waals surface area contributed by atoms with E-state index in [0.717, 1.165) is 0 Å². The zero-order valence-electron chi connectivity index (χ0n) is 17.9. The van der Waals surface area contributed by atoms with Crippen molar-refractivity contribution in [2.24, 2.45) is 0 Å². The van der Waals surface area contributed by atoms with Crippen molar-refractivity contribution in [3.8, 4) is 17.2 Å². The summed E-state index contributed by atoms with van der Waals surface area (Å²) >= 11 is 0. The van der Waals surface area contributed by atoms with Crippen LogP contribution < -0.4 is 19.5 Å². The summed E-state index contributed by atoms with van der Waals surface area (Å²) in [6, 6.07) is 3.41. The first-order chi connectivity index (χ1) is 14.1. The van der Waals surface area contributed by atoms with Crippen LogP contribution in [0.25, 0.3) is 6.08 Å². The van der Waals surface area contributed by atoms with E-state index in [1.54, 1.807) is 12.1 Å². The minimum atomic E-state index is -0.690. The number of benzene rings is 1. The number of rotatable bonds is 7. The van der Waals surface area contributed by atoms with Crippen LogP contribution in [0.4, 0.5) is 0 Å². The van der Waals surface area contributed by atoms with Crippen molar-refractivity contribution >= 4 is 23.9 Å². The van der Waals surface area contributed by atoms with Crippen molar-refractivity contribution in [2.75, 3.05) is 40.5 Å². The summed E-state index contributed by atoms with van der Waals surface area (Å²) in [5, 5.41) is 2.76. The fraction of sp³-hybridized carbons (Fsp3) is 0.476. The first-order valence-electron chi connectivity index (χ1n) is 9.46. The molecule has 0 unspecified atom stereocenters. The number of carbonyl (C=O) groups excluding carboxylic acids is 3. The van der Waals surface area contributed by atoms with Crippen LogP contribution in [0.2, 0.25) is 0 Å². The van der Waals surface area contributed by atoms with E-state index in [9.17, 15) is 14.4 Å². The van der Waals surface area contributed by atoms with E-state index in [1.807, 2.05) is 20.8 Å². The lowest BCUT2D eigenvalue weighted by Gasteiger charge is -2.23. The van der Waals surface area contributed by atoms with Gasteiger partial charge in [-0.25, -0.2) is 4.79 Å². The standard InChI is InChI=1S/C21H28N2O7/c1-21(2,3)22-17(24)12-23(4)18(25)13-30-19(26)7-6-14-10-15(27-5)20-16(11-14)28-8-9-29-20/h6-7,10-11H,8-9,12-13H2,1-5H3,(H,22,24)/b7-6+. The van der Waals surface area contributed by atoms with Crippen molar-refractivity contribution < 1.29 is 33.3 Å². The molecule has 1 N–H and O–H groups in total. The van der Waals surface area contributed by atoms with Crippen molar-refractivity contribution in [3.05, 3.63) is 23.8 Å². The van der Waals surface area contributed by atoms with Gasteiger partial charge < -0.3 is 29.2 Å². The molecule has 1 aliphatic heterocycles. The SMILES string of the molecule is COc1cc(/C=C/C(=O)OCC(=O)N(C)CC(=O)NC(C)(C)C)cc2c1OCCO2. The van der Waals surface area contributed by atoms with Crippen LogP contribution in [0.15, 0.2) is 18.2 Å². The molecule has 2 amide bonds. The molecule has 0 radical (unpaired) electrons. The number of nitrogens with one attached hydrogen (secondary N) is 1. The van der Waals surface area contributed by atoms with Crippen LogP contribution in [0.1, 0.15) is 26.3 Å². The number of methoxy groups -OCH3 is 1. The molecule has 9 heteroatoms. The monoisotopic (exact) mass is 420 g/mol. The van der Waals surface area contributed by atoms with Gasteiger partial charge in [0.1, 0.15) is 13.2 Å². The third-order valence-corrected chi connectivity index (χ3v) is 3.92. The van der Waals surface area contributed by atoms with Gasteiger partial charge in [-0.3, -0.25) is 9.59 Å². The van der Waals surface area contributed by atoms with E-state index in [1.165, 1.54) is 31.2 Å². The van der Waals surface area contributed by atoms with Crippen LogP contribution in [-0.4, -0.2) is 68.7 Å². The van der Waals surface area contributed by atoms with Crippen LogP contribution in [0, 0.1) is 0 Å². The molecule has 1 aromatic carbocycles. The van der Waals surface area contributed by atoms with Gasteiger partial charge in [-0.15, -0.1) is 0 Å². The predicted octanol–water partition coefficient (Wildman–Crippen LogP) is 1.40. The predicted molar refractivity (Wildman–Crippen MR) is 110 cm³/mol. The first-order valence-corrected chi connectivity index (χ1v) is 9.46. The highest BCUT2D eigenvalue weighted by molar-refractivity contribution is 5.90. The molecule has 0 atom stereocenters. The van der Waals surface area contributed by atoms with Gasteiger partial charge in [-0.1, -0.05) is 0 Å².